The van der Waals surface area contributed by atoms with Gasteiger partial charge in [-0.25, -0.2) is 0 Å². The van der Waals surface area contributed by atoms with E-state index in [0.29, 0.717) is 6.54 Å². The summed E-state index contributed by atoms with van der Waals surface area (Å²) in [5.74, 6) is 0.594. The van der Waals surface area contributed by atoms with Gasteiger partial charge in [0.1, 0.15) is 0 Å². The van der Waals surface area contributed by atoms with Crippen LogP contribution >= 0.6 is 0 Å². The maximum absolute atomic E-state index is 12.4. The smallest absolute Gasteiger partial charge is 0.243 e. The first-order valence-corrected chi connectivity index (χ1v) is 9.10. The third-order valence-electron chi connectivity index (χ3n) is 4.98. The molecule has 2 rings (SSSR count). The van der Waals surface area contributed by atoms with Crippen molar-refractivity contribution >= 4 is 17.5 Å². The third kappa shape index (κ3) is 5.56. The van der Waals surface area contributed by atoms with Crippen LogP contribution < -0.4 is 5.32 Å². The highest BCUT2D eigenvalue weighted by Gasteiger charge is 2.21. The summed E-state index contributed by atoms with van der Waals surface area (Å²) in [6.07, 6.45) is 2.28. The highest BCUT2D eigenvalue weighted by Crippen LogP contribution is 2.21. The van der Waals surface area contributed by atoms with Gasteiger partial charge in [-0.15, -0.1) is 0 Å². The molecule has 1 aliphatic rings. The SMILES string of the molecule is Cc1cc(C)c(NC(=O)CN(C)C(=O)CN2CCC(C)CC2)c(C)c1. The molecule has 0 bridgehead atoms. The van der Waals surface area contributed by atoms with E-state index in [4.69, 9.17) is 0 Å². The average molecular weight is 345 g/mol. The van der Waals surface area contributed by atoms with E-state index in [2.05, 4.69) is 29.3 Å². The molecule has 2 amide bonds. The number of piperidine rings is 1. The summed E-state index contributed by atoms with van der Waals surface area (Å²) in [5, 5.41) is 2.95. The second-order valence-corrected chi connectivity index (χ2v) is 7.53. The lowest BCUT2D eigenvalue weighted by Gasteiger charge is -2.30. The molecule has 0 aliphatic carbocycles. The van der Waals surface area contributed by atoms with Gasteiger partial charge >= 0.3 is 0 Å². The number of benzene rings is 1. The van der Waals surface area contributed by atoms with Crippen molar-refractivity contribution in [3.05, 3.63) is 28.8 Å². The van der Waals surface area contributed by atoms with Crippen LogP contribution in [0.2, 0.25) is 0 Å². The highest BCUT2D eigenvalue weighted by molar-refractivity contribution is 5.96. The Morgan fingerprint density at radius 3 is 2.28 bits per heavy atom. The molecule has 5 heteroatoms. The molecule has 0 aromatic heterocycles. The van der Waals surface area contributed by atoms with E-state index in [0.717, 1.165) is 48.7 Å². The van der Waals surface area contributed by atoms with Gasteiger partial charge in [0.15, 0.2) is 0 Å². The number of likely N-dealkylation sites (N-methyl/N-ethyl adjacent to an activating group) is 1. The van der Waals surface area contributed by atoms with Crippen molar-refractivity contribution in [2.24, 2.45) is 5.92 Å². The molecule has 0 atom stereocenters. The van der Waals surface area contributed by atoms with Crippen molar-refractivity contribution in [1.82, 2.24) is 9.80 Å². The Hall–Kier alpha value is -1.88. The van der Waals surface area contributed by atoms with Crippen molar-refractivity contribution in [1.29, 1.82) is 0 Å². The molecular weight excluding hydrogens is 314 g/mol. The topological polar surface area (TPSA) is 52.7 Å². The number of nitrogens with zero attached hydrogens (tertiary/aromatic N) is 2. The Kier molecular flexibility index (Phi) is 6.59. The quantitative estimate of drug-likeness (QED) is 0.893. The molecule has 1 N–H and O–H groups in total. The van der Waals surface area contributed by atoms with E-state index in [1.54, 1.807) is 7.05 Å². The Morgan fingerprint density at radius 2 is 1.72 bits per heavy atom. The Morgan fingerprint density at radius 1 is 1.16 bits per heavy atom. The average Bonchev–Trinajstić information content (AvgIpc) is 2.53. The molecule has 0 radical (unpaired) electrons. The largest absolute Gasteiger partial charge is 0.335 e. The summed E-state index contributed by atoms with van der Waals surface area (Å²) < 4.78 is 0. The molecule has 1 aliphatic heterocycles. The maximum atomic E-state index is 12.4. The molecule has 25 heavy (non-hydrogen) atoms. The van der Waals surface area contributed by atoms with Gasteiger partial charge < -0.3 is 10.2 Å². The van der Waals surface area contributed by atoms with Crippen LogP contribution in [0.5, 0.6) is 0 Å². The van der Waals surface area contributed by atoms with Crippen LogP contribution in [0.15, 0.2) is 12.1 Å². The van der Waals surface area contributed by atoms with Gasteiger partial charge in [0.05, 0.1) is 13.1 Å². The van der Waals surface area contributed by atoms with E-state index in [-0.39, 0.29) is 18.4 Å². The first kappa shape index (κ1) is 19.4. The molecule has 1 saturated heterocycles. The molecule has 1 aromatic rings. The lowest BCUT2D eigenvalue weighted by molar-refractivity contribution is -0.134. The number of nitrogens with one attached hydrogen (secondary N) is 1. The molecule has 1 fully saturated rings. The number of anilines is 1. The Balaban J connectivity index is 1.86. The van der Waals surface area contributed by atoms with Crippen molar-refractivity contribution in [3.63, 3.8) is 0 Å². The minimum atomic E-state index is -0.154. The fraction of sp³-hybridized carbons (Fsp3) is 0.600. The number of amides is 2. The first-order chi connectivity index (χ1) is 11.8. The zero-order valence-corrected chi connectivity index (χ0v) is 16.2. The number of hydrogen-bond acceptors (Lipinski definition) is 3. The standard InChI is InChI=1S/C20H31N3O2/c1-14-6-8-23(9-7-14)13-19(25)22(5)12-18(24)21-20-16(3)10-15(2)11-17(20)4/h10-11,14H,6-9,12-13H2,1-5H3,(H,21,24). The highest BCUT2D eigenvalue weighted by atomic mass is 16.2. The maximum Gasteiger partial charge on any atom is 0.243 e. The third-order valence-corrected chi connectivity index (χ3v) is 4.98. The van der Waals surface area contributed by atoms with E-state index in [1.807, 2.05) is 20.8 Å². The molecule has 0 spiro atoms. The van der Waals surface area contributed by atoms with Gasteiger partial charge in [-0.1, -0.05) is 24.6 Å². The summed E-state index contributed by atoms with van der Waals surface area (Å²) >= 11 is 0. The second-order valence-electron chi connectivity index (χ2n) is 7.53. The molecule has 0 saturated carbocycles. The van der Waals surface area contributed by atoms with Gasteiger partial charge in [0.2, 0.25) is 11.8 Å². The van der Waals surface area contributed by atoms with Crippen LogP contribution in [0.25, 0.3) is 0 Å². The molecule has 138 valence electrons. The minimum Gasteiger partial charge on any atom is -0.335 e. The Labute approximate surface area is 151 Å². The number of hydrogen-bond donors (Lipinski definition) is 1. The number of aryl methyl sites for hydroxylation is 3. The van der Waals surface area contributed by atoms with Gasteiger partial charge in [-0.3, -0.25) is 14.5 Å². The first-order valence-electron chi connectivity index (χ1n) is 9.10. The Bertz CT molecular complexity index is 611. The van der Waals surface area contributed by atoms with Gasteiger partial charge in [0.25, 0.3) is 0 Å². The predicted molar refractivity (Wildman–Crippen MR) is 102 cm³/mol. The normalized spacial score (nSPS) is 15.9. The van der Waals surface area contributed by atoms with Gasteiger partial charge in [-0.05, 0) is 63.7 Å². The zero-order chi connectivity index (χ0) is 18.6. The van der Waals surface area contributed by atoms with Gasteiger partial charge in [-0.2, -0.15) is 0 Å². The fourth-order valence-electron chi connectivity index (χ4n) is 3.39. The van der Waals surface area contributed by atoms with Crippen molar-refractivity contribution < 1.29 is 9.59 Å². The number of carbonyl (C=O) groups excluding carboxylic acids is 2. The van der Waals surface area contributed by atoms with E-state index < -0.39 is 0 Å². The molecule has 5 nitrogen and oxygen atoms in total. The summed E-state index contributed by atoms with van der Waals surface area (Å²) in [6, 6.07) is 4.10. The summed E-state index contributed by atoms with van der Waals surface area (Å²) in [4.78, 5) is 28.4. The van der Waals surface area contributed by atoms with Crippen molar-refractivity contribution in [2.75, 3.05) is 38.5 Å². The van der Waals surface area contributed by atoms with Crippen LogP contribution in [0.1, 0.15) is 36.5 Å². The van der Waals surface area contributed by atoms with Crippen molar-refractivity contribution in [3.8, 4) is 0 Å². The van der Waals surface area contributed by atoms with Crippen LogP contribution in [-0.2, 0) is 9.59 Å². The predicted octanol–water partition coefficient (Wildman–Crippen LogP) is 2.74. The number of carbonyl (C=O) groups is 2. The molecule has 1 aromatic carbocycles. The molecule has 0 unspecified atom stereocenters. The van der Waals surface area contributed by atoms with Crippen LogP contribution in [0, 0.1) is 26.7 Å². The zero-order valence-electron chi connectivity index (χ0n) is 16.2. The van der Waals surface area contributed by atoms with Crippen LogP contribution in [0.4, 0.5) is 5.69 Å². The fourth-order valence-corrected chi connectivity index (χ4v) is 3.39. The van der Waals surface area contributed by atoms with Gasteiger partial charge in [0, 0.05) is 12.7 Å². The van der Waals surface area contributed by atoms with E-state index in [9.17, 15) is 9.59 Å². The lowest BCUT2D eigenvalue weighted by atomic mass is 9.99. The summed E-state index contributed by atoms with van der Waals surface area (Å²) in [5.41, 5.74) is 4.11. The number of rotatable bonds is 5. The lowest BCUT2D eigenvalue weighted by Crippen LogP contribution is -2.44. The summed E-state index contributed by atoms with van der Waals surface area (Å²) in [7, 11) is 1.70. The van der Waals surface area contributed by atoms with Crippen molar-refractivity contribution in [2.45, 2.75) is 40.5 Å². The van der Waals surface area contributed by atoms with Crippen LogP contribution in [-0.4, -0.2) is 54.8 Å². The van der Waals surface area contributed by atoms with Crippen LogP contribution in [0.3, 0.4) is 0 Å². The second kappa shape index (κ2) is 8.48. The molecular formula is C20H31N3O2. The summed E-state index contributed by atoms with van der Waals surface area (Å²) in [6.45, 7) is 10.7. The minimum absolute atomic E-state index is 0.00190. The monoisotopic (exact) mass is 345 g/mol. The van der Waals surface area contributed by atoms with E-state index in [1.165, 1.54) is 10.5 Å². The van der Waals surface area contributed by atoms with E-state index >= 15 is 0 Å². The molecule has 1 heterocycles. The number of likely N-dealkylation sites (tertiary alicyclic amines) is 1.